The van der Waals surface area contributed by atoms with Crippen LogP contribution in [0.2, 0.25) is 5.02 Å². The summed E-state index contributed by atoms with van der Waals surface area (Å²) in [6.45, 7) is 6.72. The molecule has 13 nitrogen and oxygen atoms in total. The lowest BCUT2D eigenvalue weighted by atomic mass is 9.90. The highest BCUT2D eigenvalue weighted by Gasteiger charge is 2.44. The van der Waals surface area contributed by atoms with Gasteiger partial charge in [0.05, 0.1) is 6.61 Å². The molecule has 0 unspecified atom stereocenters. The van der Waals surface area contributed by atoms with E-state index in [1.54, 1.807) is 18.2 Å². The summed E-state index contributed by atoms with van der Waals surface area (Å²) >= 11 is 6.39. The minimum absolute atomic E-state index is 0.240. The number of aliphatic hydroxyl groups excluding tert-OH is 3. The highest BCUT2D eigenvalue weighted by atomic mass is 35.5. The highest BCUT2D eigenvalue weighted by molar-refractivity contribution is 6.33. The molecule has 0 amide bonds. The third-order valence-electron chi connectivity index (χ3n) is 4.96. The van der Waals surface area contributed by atoms with Crippen LogP contribution in [0.4, 0.5) is 0 Å². The zero-order valence-electron chi connectivity index (χ0n) is 23.8. The van der Waals surface area contributed by atoms with Crippen LogP contribution in [0.3, 0.4) is 0 Å². The predicted molar refractivity (Wildman–Crippen MR) is 150 cm³/mol. The van der Waals surface area contributed by atoms with Crippen LogP contribution >= 0.6 is 11.6 Å². The van der Waals surface area contributed by atoms with Crippen LogP contribution in [0.1, 0.15) is 46.3 Å². The second kappa shape index (κ2) is 19.4. The van der Waals surface area contributed by atoms with E-state index in [9.17, 15) is 20.1 Å². The Morgan fingerprint density at radius 1 is 0.810 bits per heavy atom. The van der Waals surface area contributed by atoms with Crippen LogP contribution in [0.15, 0.2) is 42.5 Å². The van der Waals surface area contributed by atoms with Crippen LogP contribution in [-0.4, -0.2) is 92.1 Å². The zero-order chi connectivity index (χ0) is 32.6. The minimum atomic E-state index is -1.46. The van der Waals surface area contributed by atoms with Crippen molar-refractivity contribution in [3.05, 3.63) is 53.1 Å². The van der Waals surface area contributed by atoms with E-state index in [0.717, 1.165) is 32.1 Å². The number of hydrogen-bond donors (Lipinski definition) is 6. The molecule has 1 fully saturated rings. The van der Waals surface area contributed by atoms with Gasteiger partial charge in [0.25, 0.3) is 17.9 Å². The predicted octanol–water partition coefficient (Wildman–Crippen LogP) is 2.76. The van der Waals surface area contributed by atoms with Crippen LogP contribution in [0, 0.1) is 0 Å². The normalized spacial score (nSPS) is 20.5. The number of ether oxygens (including phenoxy) is 3. The van der Waals surface area contributed by atoms with E-state index in [4.69, 9.17) is 55.5 Å². The molecule has 1 saturated heterocycles. The van der Waals surface area contributed by atoms with Gasteiger partial charge >= 0.3 is 5.97 Å². The van der Waals surface area contributed by atoms with Gasteiger partial charge in [-0.2, -0.15) is 0 Å². The molecule has 14 heteroatoms. The molecule has 2 aromatic carbocycles. The first-order valence-corrected chi connectivity index (χ1v) is 12.8. The molecule has 0 saturated carbocycles. The molecular formula is C28H37ClO13. The van der Waals surface area contributed by atoms with E-state index in [1.807, 2.05) is 31.2 Å². The van der Waals surface area contributed by atoms with Crippen molar-refractivity contribution in [2.45, 2.75) is 65.1 Å². The minimum Gasteiger partial charge on any atom is -0.494 e. The molecule has 0 radical (unpaired) electrons. The fourth-order valence-electron chi connectivity index (χ4n) is 3.40. The number of carbonyl (C=O) groups excluding carboxylic acids is 1. The lowest BCUT2D eigenvalue weighted by Crippen LogP contribution is -2.55. The van der Waals surface area contributed by atoms with Gasteiger partial charge in [0.2, 0.25) is 0 Å². The van der Waals surface area contributed by atoms with E-state index < -0.39 is 54.4 Å². The lowest BCUT2D eigenvalue weighted by molar-refractivity contribution is -0.234. The Morgan fingerprint density at radius 3 is 1.76 bits per heavy atom. The topological polar surface area (TPSA) is 217 Å². The van der Waals surface area contributed by atoms with Crippen molar-refractivity contribution in [1.82, 2.24) is 0 Å². The summed E-state index contributed by atoms with van der Waals surface area (Å²) in [5.74, 6) is -2.29. The maximum atomic E-state index is 11.1. The van der Waals surface area contributed by atoms with E-state index >= 15 is 0 Å². The van der Waals surface area contributed by atoms with Gasteiger partial charge in [-0.15, -0.1) is 0 Å². The molecule has 1 aliphatic rings. The Balaban J connectivity index is 0.00000119. The smallest absolute Gasteiger partial charge is 0.302 e. The molecule has 3 rings (SSSR count). The first-order chi connectivity index (χ1) is 19.5. The van der Waals surface area contributed by atoms with Crippen LogP contribution in [0.5, 0.6) is 5.75 Å². The summed E-state index contributed by atoms with van der Waals surface area (Å²) in [4.78, 5) is 38.1. The summed E-state index contributed by atoms with van der Waals surface area (Å²) < 4.78 is 16.2. The van der Waals surface area contributed by atoms with Crippen LogP contribution in [0.25, 0.3) is 11.1 Å². The number of benzene rings is 2. The van der Waals surface area contributed by atoms with Crippen molar-refractivity contribution < 1.29 is 64.0 Å². The number of rotatable bonds is 6. The average Bonchev–Trinajstić information content (AvgIpc) is 2.87. The molecule has 1 heterocycles. The average molecular weight is 617 g/mol. The number of halogens is 1. The van der Waals surface area contributed by atoms with Gasteiger partial charge in [0, 0.05) is 38.3 Å². The number of carboxylic acids is 3. The Morgan fingerprint density at radius 2 is 1.31 bits per heavy atom. The molecule has 2 aromatic rings. The van der Waals surface area contributed by atoms with Gasteiger partial charge in [0.15, 0.2) is 0 Å². The maximum absolute atomic E-state index is 11.1. The molecule has 0 aromatic heterocycles. The molecule has 0 bridgehead atoms. The molecule has 0 spiro atoms. The third kappa shape index (κ3) is 14.8. The van der Waals surface area contributed by atoms with Crippen molar-refractivity contribution >= 4 is 35.5 Å². The molecule has 1 aliphatic heterocycles. The standard InChI is InChI=1S/C22H25ClO7.3C2H4O2/c1-3-28-15-7-4-13(5-8-15)16-10-14(6-9-17(16)23)22-21(27)20(26)19(25)18(30-22)11-29-12(2)24;3*1-2(3)4/h4-10,18-22,25-27H,3,11H2,1-2H3;3*1H3,(H,3,4)/t18-,19+,20+,21+,22+;;;/m1.../s1. The SMILES string of the molecule is CC(=O)O.CC(=O)O.CC(=O)O.CCOc1ccc(-c2cc([C@@H]3O[C@H](COC(C)=O)[C@H](O)[C@H](O)[C@@H]3O)ccc2Cl)cc1. The molecule has 6 N–H and O–H groups in total. The summed E-state index contributed by atoms with van der Waals surface area (Å²) in [5.41, 5.74) is 2.12. The van der Waals surface area contributed by atoms with Crippen LogP contribution < -0.4 is 4.74 Å². The van der Waals surface area contributed by atoms with Gasteiger partial charge in [0.1, 0.15) is 42.9 Å². The number of aliphatic carboxylic acids is 3. The Kier molecular flexibility index (Phi) is 17.7. The van der Waals surface area contributed by atoms with E-state index in [-0.39, 0.29) is 6.61 Å². The van der Waals surface area contributed by atoms with Crippen molar-refractivity contribution in [2.75, 3.05) is 13.2 Å². The highest BCUT2D eigenvalue weighted by Crippen LogP contribution is 2.37. The molecule has 5 atom stereocenters. The second-order valence-corrected chi connectivity index (χ2v) is 9.03. The first-order valence-electron chi connectivity index (χ1n) is 12.5. The largest absolute Gasteiger partial charge is 0.494 e. The maximum Gasteiger partial charge on any atom is 0.302 e. The fourth-order valence-corrected chi connectivity index (χ4v) is 3.63. The van der Waals surface area contributed by atoms with Crippen molar-refractivity contribution in [1.29, 1.82) is 0 Å². The monoisotopic (exact) mass is 616 g/mol. The van der Waals surface area contributed by atoms with E-state index in [1.165, 1.54) is 6.92 Å². The number of carbonyl (C=O) groups is 4. The number of aliphatic hydroxyl groups is 3. The summed E-state index contributed by atoms with van der Waals surface area (Å²) in [6, 6.07) is 12.5. The fraction of sp³-hybridized carbons (Fsp3) is 0.429. The first kappa shape index (κ1) is 38.2. The van der Waals surface area contributed by atoms with Crippen molar-refractivity contribution in [3.8, 4) is 16.9 Å². The zero-order valence-corrected chi connectivity index (χ0v) is 24.5. The summed E-state index contributed by atoms with van der Waals surface area (Å²) in [6.07, 6.45) is -6.16. The van der Waals surface area contributed by atoms with Gasteiger partial charge < -0.3 is 44.8 Å². The number of carboxylic acid groups (broad SMARTS) is 3. The second-order valence-electron chi connectivity index (χ2n) is 8.62. The van der Waals surface area contributed by atoms with E-state index in [2.05, 4.69) is 0 Å². The Hall–Kier alpha value is -3.75. The van der Waals surface area contributed by atoms with Gasteiger partial charge in [-0.05, 0) is 42.3 Å². The third-order valence-corrected chi connectivity index (χ3v) is 5.29. The van der Waals surface area contributed by atoms with Gasteiger partial charge in [-0.1, -0.05) is 29.8 Å². The van der Waals surface area contributed by atoms with Crippen molar-refractivity contribution in [3.63, 3.8) is 0 Å². The van der Waals surface area contributed by atoms with E-state index in [0.29, 0.717) is 22.8 Å². The molecular weight excluding hydrogens is 580 g/mol. The quantitative estimate of drug-likeness (QED) is 0.258. The molecule has 234 valence electrons. The Labute approximate surface area is 247 Å². The molecule has 42 heavy (non-hydrogen) atoms. The summed E-state index contributed by atoms with van der Waals surface area (Å²) in [7, 11) is 0. The van der Waals surface area contributed by atoms with Gasteiger partial charge in [-0.3, -0.25) is 19.2 Å². The lowest BCUT2D eigenvalue weighted by Gasteiger charge is -2.40. The van der Waals surface area contributed by atoms with Crippen molar-refractivity contribution in [2.24, 2.45) is 0 Å². The Bertz CT molecular complexity index is 1110. The summed E-state index contributed by atoms with van der Waals surface area (Å²) in [5, 5.41) is 53.7. The number of esters is 1. The molecule has 0 aliphatic carbocycles. The van der Waals surface area contributed by atoms with Crippen LogP contribution in [-0.2, 0) is 28.7 Å². The van der Waals surface area contributed by atoms with Gasteiger partial charge in [-0.25, -0.2) is 0 Å². The number of hydrogen-bond acceptors (Lipinski definition) is 10.